The summed E-state index contributed by atoms with van der Waals surface area (Å²) in [6.07, 6.45) is 0. The Bertz CT molecular complexity index is 343. The highest BCUT2D eigenvalue weighted by Gasteiger charge is 2.10. The number of halogens is 3. The van der Waals surface area contributed by atoms with E-state index in [1.807, 2.05) is 0 Å². The van der Waals surface area contributed by atoms with E-state index in [4.69, 9.17) is 5.26 Å². The first-order valence-corrected chi connectivity index (χ1v) is 3.99. The Hall–Kier alpha value is -1.50. The van der Waals surface area contributed by atoms with E-state index in [0.29, 0.717) is 0 Å². The van der Waals surface area contributed by atoms with Crippen molar-refractivity contribution in [1.82, 2.24) is 0 Å². The van der Waals surface area contributed by atoms with Crippen molar-refractivity contribution in [3.05, 3.63) is 34.4 Å². The van der Waals surface area contributed by atoms with Crippen molar-refractivity contribution in [2.75, 3.05) is 0 Å². The number of nitriles is 1. The van der Waals surface area contributed by atoms with Crippen molar-refractivity contribution >= 4 is 0 Å². The van der Waals surface area contributed by atoms with Gasteiger partial charge in [-0.15, -0.1) is 0 Å². The van der Waals surface area contributed by atoms with Crippen LogP contribution in [0.5, 0.6) is 0 Å². The molecule has 74 valence electrons. The van der Waals surface area contributed by atoms with E-state index in [1.54, 1.807) is 6.07 Å². The Kier molecular flexibility index (Phi) is 3.52. The summed E-state index contributed by atoms with van der Waals surface area (Å²) in [6, 6.07) is 4.21. The van der Waals surface area contributed by atoms with Crippen LogP contribution in [0.4, 0.5) is 13.2 Å². The second-order valence-corrected chi connectivity index (χ2v) is 2.80. The lowest BCUT2D eigenvalue weighted by Gasteiger charge is -2.06. The normalized spacial score (nSPS) is 9.86. The van der Waals surface area contributed by atoms with Crippen molar-refractivity contribution in [2.24, 2.45) is 0 Å². The highest BCUT2D eigenvalue weighted by Crippen LogP contribution is 2.20. The maximum Gasteiger partial charge on any atom is 0.116 e. The summed E-state index contributed by atoms with van der Waals surface area (Å²) in [7, 11) is 0. The van der Waals surface area contributed by atoms with Gasteiger partial charge in [0.1, 0.15) is 20.0 Å². The van der Waals surface area contributed by atoms with Gasteiger partial charge in [0.2, 0.25) is 0 Å². The standard InChI is InChI=1S/C10H8F3N/c11-3-7-1-8(4-12)10(6-14)9(2-7)5-13/h1-2H,3-5H2. The number of hydrogen-bond donors (Lipinski definition) is 0. The number of benzene rings is 1. The molecular weight excluding hydrogens is 191 g/mol. The number of nitrogens with zero attached hydrogens (tertiary/aromatic N) is 1. The fourth-order valence-corrected chi connectivity index (χ4v) is 1.27. The van der Waals surface area contributed by atoms with E-state index < -0.39 is 20.0 Å². The SMILES string of the molecule is N#Cc1c(CF)cc(CF)cc1CF. The van der Waals surface area contributed by atoms with Gasteiger partial charge in [0.25, 0.3) is 0 Å². The predicted molar refractivity (Wildman–Crippen MR) is 45.6 cm³/mol. The predicted octanol–water partition coefficient (Wildman–Crippen LogP) is 2.97. The van der Waals surface area contributed by atoms with Crippen molar-refractivity contribution in [3.63, 3.8) is 0 Å². The summed E-state index contributed by atoms with van der Waals surface area (Å²) in [5.41, 5.74) is 0.280. The lowest BCUT2D eigenvalue weighted by molar-refractivity contribution is 0.464. The van der Waals surface area contributed by atoms with E-state index in [0.717, 1.165) is 0 Å². The van der Waals surface area contributed by atoms with Gasteiger partial charge < -0.3 is 0 Å². The minimum atomic E-state index is -0.885. The molecule has 0 aliphatic rings. The van der Waals surface area contributed by atoms with Crippen LogP contribution in [-0.4, -0.2) is 0 Å². The summed E-state index contributed by atoms with van der Waals surface area (Å²) >= 11 is 0. The quantitative estimate of drug-likeness (QED) is 0.734. The average molecular weight is 199 g/mol. The maximum absolute atomic E-state index is 12.4. The molecule has 1 aromatic carbocycles. The summed E-state index contributed by atoms with van der Waals surface area (Å²) in [4.78, 5) is 0. The van der Waals surface area contributed by atoms with Crippen molar-refractivity contribution < 1.29 is 13.2 Å². The van der Waals surface area contributed by atoms with Crippen LogP contribution in [0.25, 0.3) is 0 Å². The molecule has 0 aliphatic heterocycles. The minimum Gasteiger partial charge on any atom is -0.246 e. The summed E-state index contributed by atoms with van der Waals surface area (Å²) in [5, 5.41) is 8.65. The third kappa shape index (κ3) is 1.87. The van der Waals surface area contributed by atoms with E-state index in [-0.39, 0.29) is 22.3 Å². The monoisotopic (exact) mass is 199 g/mol. The molecule has 1 rings (SSSR count). The molecule has 0 N–H and O–H groups in total. The van der Waals surface area contributed by atoms with Crippen LogP contribution >= 0.6 is 0 Å². The Balaban J connectivity index is 3.34. The fourth-order valence-electron chi connectivity index (χ4n) is 1.27. The van der Waals surface area contributed by atoms with Crippen molar-refractivity contribution in [3.8, 4) is 6.07 Å². The highest BCUT2D eigenvalue weighted by atomic mass is 19.1. The van der Waals surface area contributed by atoms with Crippen LogP contribution in [0, 0.1) is 11.3 Å². The molecule has 0 bridgehead atoms. The summed E-state index contributed by atoms with van der Waals surface area (Å²) in [5.74, 6) is 0. The van der Waals surface area contributed by atoms with Gasteiger partial charge in [-0.3, -0.25) is 0 Å². The molecule has 0 saturated carbocycles. The largest absolute Gasteiger partial charge is 0.246 e. The van der Waals surface area contributed by atoms with E-state index >= 15 is 0 Å². The molecule has 0 fully saturated rings. The molecule has 4 heteroatoms. The van der Waals surface area contributed by atoms with E-state index in [1.165, 1.54) is 12.1 Å². The molecule has 0 aromatic heterocycles. The van der Waals surface area contributed by atoms with Crippen molar-refractivity contribution in [1.29, 1.82) is 5.26 Å². The van der Waals surface area contributed by atoms with Crippen LogP contribution in [0.2, 0.25) is 0 Å². The molecule has 0 saturated heterocycles. The van der Waals surface area contributed by atoms with Gasteiger partial charge in [0.15, 0.2) is 0 Å². The summed E-state index contributed by atoms with van der Waals surface area (Å²) < 4.78 is 37.1. The van der Waals surface area contributed by atoms with Gasteiger partial charge in [0, 0.05) is 11.1 Å². The van der Waals surface area contributed by atoms with E-state index in [2.05, 4.69) is 0 Å². The first-order valence-electron chi connectivity index (χ1n) is 3.99. The molecule has 0 radical (unpaired) electrons. The first kappa shape index (κ1) is 10.6. The van der Waals surface area contributed by atoms with Crippen molar-refractivity contribution in [2.45, 2.75) is 20.0 Å². The van der Waals surface area contributed by atoms with Gasteiger partial charge in [-0.25, -0.2) is 13.2 Å². The lowest BCUT2D eigenvalue weighted by atomic mass is 10.00. The number of hydrogen-bond acceptors (Lipinski definition) is 1. The van der Waals surface area contributed by atoms with Crippen LogP contribution in [0.1, 0.15) is 22.3 Å². The van der Waals surface area contributed by atoms with Crippen LogP contribution in [-0.2, 0) is 20.0 Å². The van der Waals surface area contributed by atoms with Gasteiger partial charge in [-0.05, 0) is 17.7 Å². The van der Waals surface area contributed by atoms with Gasteiger partial charge in [0.05, 0.1) is 11.6 Å². The fraction of sp³-hybridized carbons (Fsp3) is 0.300. The Morgan fingerprint density at radius 1 is 1.00 bits per heavy atom. The molecule has 0 amide bonds. The zero-order valence-electron chi connectivity index (χ0n) is 7.36. The number of alkyl halides is 3. The molecular formula is C10H8F3N. The Morgan fingerprint density at radius 3 is 1.79 bits per heavy atom. The highest BCUT2D eigenvalue weighted by molar-refractivity contribution is 5.46. The molecule has 0 aliphatic carbocycles. The van der Waals surface area contributed by atoms with Gasteiger partial charge in [-0.1, -0.05) is 0 Å². The summed E-state index contributed by atoms with van der Waals surface area (Å²) in [6.45, 7) is -2.56. The second kappa shape index (κ2) is 4.66. The second-order valence-electron chi connectivity index (χ2n) is 2.80. The topological polar surface area (TPSA) is 23.8 Å². The van der Waals surface area contributed by atoms with Crippen LogP contribution in [0.15, 0.2) is 12.1 Å². The molecule has 0 heterocycles. The lowest BCUT2D eigenvalue weighted by Crippen LogP contribution is -1.96. The molecule has 14 heavy (non-hydrogen) atoms. The average Bonchev–Trinajstić information content (AvgIpc) is 2.26. The first-order chi connectivity index (χ1) is 6.76. The zero-order valence-corrected chi connectivity index (χ0v) is 7.36. The van der Waals surface area contributed by atoms with Crippen LogP contribution in [0.3, 0.4) is 0 Å². The molecule has 0 atom stereocenters. The molecule has 0 spiro atoms. The van der Waals surface area contributed by atoms with Gasteiger partial charge >= 0.3 is 0 Å². The third-order valence-corrected chi connectivity index (χ3v) is 1.92. The smallest absolute Gasteiger partial charge is 0.116 e. The maximum atomic E-state index is 12.4. The Labute approximate surface area is 79.8 Å². The zero-order chi connectivity index (χ0) is 10.6. The Morgan fingerprint density at radius 2 is 1.50 bits per heavy atom. The molecule has 0 unspecified atom stereocenters. The minimum absolute atomic E-state index is 0.0211. The molecule has 1 aromatic rings. The number of rotatable bonds is 3. The van der Waals surface area contributed by atoms with E-state index in [9.17, 15) is 13.2 Å². The third-order valence-electron chi connectivity index (χ3n) is 1.92. The van der Waals surface area contributed by atoms with Gasteiger partial charge in [-0.2, -0.15) is 5.26 Å². The van der Waals surface area contributed by atoms with Crippen LogP contribution < -0.4 is 0 Å². The molecule has 1 nitrogen and oxygen atoms in total.